The van der Waals surface area contributed by atoms with E-state index in [4.69, 9.17) is 18.6 Å². The minimum absolute atomic E-state index is 0.0337. The first kappa shape index (κ1) is 20.7. The van der Waals surface area contributed by atoms with Gasteiger partial charge in [0.2, 0.25) is 17.5 Å². The average Bonchev–Trinajstić information content (AvgIpc) is 3.36. The third kappa shape index (κ3) is 5.26. The Labute approximate surface area is 172 Å². The van der Waals surface area contributed by atoms with Crippen LogP contribution >= 0.6 is 11.3 Å². The average molecular weight is 417 g/mol. The first-order valence-corrected chi connectivity index (χ1v) is 10.2. The van der Waals surface area contributed by atoms with E-state index < -0.39 is 0 Å². The number of carbonyl (C=O) groups is 1. The summed E-state index contributed by atoms with van der Waals surface area (Å²) in [6, 6.07) is 7.33. The summed E-state index contributed by atoms with van der Waals surface area (Å²) in [7, 11) is 0. The summed E-state index contributed by atoms with van der Waals surface area (Å²) in [6.07, 6.45) is 0.251. The second-order valence-corrected chi connectivity index (χ2v) is 6.85. The third-order valence-electron chi connectivity index (χ3n) is 3.74. The van der Waals surface area contributed by atoms with Crippen molar-refractivity contribution in [1.29, 1.82) is 0 Å². The predicted molar refractivity (Wildman–Crippen MR) is 110 cm³/mol. The highest BCUT2D eigenvalue weighted by Gasteiger charge is 2.19. The maximum atomic E-state index is 12.1. The second-order valence-electron chi connectivity index (χ2n) is 5.82. The lowest BCUT2D eigenvalue weighted by Gasteiger charge is -2.16. The van der Waals surface area contributed by atoms with Gasteiger partial charge in [-0.3, -0.25) is 10.1 Å². The lowest BCUT2D eigenvalue weighted by Crippen LogP contribution is -2.13. The van der Waals surface area contributed by atoms with Crippen molar-refractivity contribution in [2.24, 2.45) is 0 Å². The molecule has 9 heteroatoms. The Bertz CT molecular complexity index is 913. The Morgan fingerprint density at radius 1 is 1.07 bits per heavy atom. The number of nitrogens with one attached hydrogen (secondary N) is 1. The van der Waals surface area contributed by atoms with Crippen LogP contribution in [0.25, 0.3) is 11.5 Å². The molecular formula is C20H23N3O5S. The summed E-state index contributed by atoms with van der Waals surface area (Å²) in [6.45, 7) is 7.06. The number of thiophene rings is 1. The number of aromatic nitrogens is 2. The summed E-state index contributed by atoms with van der Waals surface area (Å²) in [5.41, 5.74) is 0.603. The first-order valence-electron chi connectivity index (χ1n) is 9.37. The van der Waals surface area contributed by atoms with Gasteiger partial charge in [0.15, 0.2) is 11.5 Å². The molecule has 0 unspecified atom stereocenters. The van der Waals surface area contributed by atoms with Crippen LogP contribution < -0.4 is 19.5 Å². The zero-order valence-corrected chi connectivity index (χ0v) is 17.4. The molecular weight excluding hydrogens is 394 g/mol. The van der Waals surface area contributed by atoms with Crippen molar-refractivity contribution in [2.45, 2.75) is 27.2 Å². The standard InChI is InChI=1S/C20H23N3O5S/c1-4-25-15-10-13(11-16(26-5-2)18(15)27-6-3)19-22-23-20(28-19)21-17(24)12-14-8-7-9-29-14/h7-11H,4-6,12H2,1-3H3,(H,21,23,24). The maximum Gasteiger partial charge on any atom is 0.322 e. The van der Waals surface area contributed by atoms with Crippen LogP contribution in [0.4, 0.5) is 6.01 Å². The van der Waals surface area contributed by atoms with Crippen LogP contribution in [0, 0.1) is 0 Å². The molecule has 0 aliphatic heterocycles. The van der Waals surface area contributed by atoms with Crippen molar-refractivity contribution >= 4 is 23.3 Å². The van der Waals surface area contributed by atoms with Gasteiger partial charge in [0, 0.05) is 10.4 Å². The molecule has 0 spiro atoms. The fourth-order valence-corrected chi connectivity index (χ4v) is 3.34. The first-order chi connectivity index (χ1) is 14.1. The van der Waals surface area contributed by atoms with Gasteiger partial charge in [0.1, 0.15) is 0 Å². The number of rotatable bonds is 10. The number of anilines is 1. The van der Waals surface area contributed by atoms with Crippen LogP contribution in [0.15, 0.2) is 34.1 Å². The van der Waals surface area contributed by atoms with Crippen molar-refractivity contribution in [3.8, 4) is 28.7 Å². The topological polar surface area (TPSA) is 95.7 Å². The molecule has 0 aliphatic carbocycles. The van der Waals surface area contributed by atoms with Gasteiger partial charge in [-0.25, -0.2) is 0 Å². The van der Waals surface area contributed by atoms with E-state index in [0.717, 1.165) is 4.88 Å². The number of hydrogen-bond donors (Lipinski definition) is 1. The smallest absolute Gasteiger partial charge is 0.322 e. The molecule has 0 saturated carbocycles. The molecule has 29 heavy (non-hydrogen) atoms. The fourth-order valence-electron chi connectivity index (χ4n) is 2.64. The van der Waals surface area contributed by atoms with Crippen LogP contribution in [0.5, 0.6) is 17.2 Å². The number of amides is 1. The van der Waals surface area contributed by atoms with Crippen molar-refractivity contribution in [2.75, 3.05) is 25.1 Å². The van der Waals surface area contributed by atoms with Gasteiger partial charge < -0.3 is 18.6 Å². The van der Waals surface area contributed by atoms with Gasteiger partial charge in [-0.15, -0.1) is 16.4 Å². The minimum atomic E-state index is -0.223. The zero-order valence-electron chi connectivity index (χ0n) is 16.6. The monoisotopic (exact) mass is 417 g/mol. The van der Waals surface area contributed by atoms with Crippen molar-refractivity contribution in [1.82, 2.24) is 10.2 Å². The molecule has 1 N–H and O–H groups in total. The second kappa shape index (κ2) is 9.92. The highest BCUT2D eigenvalue weighted by Crippen LogP contribution is 2.41. The molecule has 0 bridgehead atoms. The van der Waals surface area contributed by atoms with Crippen LogP contribution in [0.1, 0.15) is 25.6 Å². The minimum Gasteiger partial charge on any atom is -0.490 e. The van der Waals surface area contributed by atoms with Gasteiger partial charge >= 0.3 is 6.01 Å². The highest BCUT2D eigenvalue weighted by atomic mass is 32.1. The highest BCUT2D eigenvalue weighted by molar-refractivity contribution is 7.10. The molecule has 0 aliphatic rings. The van der Waals surface area contributed by atoms with Gasteiger partial charge in [-0.05, 0) is 44.4 Å². The zero-order chi connectivity index (χ0) is 20.6. The molecule has 0 saturated heterocycles. The van der Waals surface area contributed by atoms with E-state index in [9.17, 15) is 4.79 Å². The van der Waals surface area contributed by atoms with Crippen LogP contribution in [0.2, 0.25) is 0 Å². The van der Waals surface area contributed by atoms with E-state index in [1.54, 1.807) is 12.1 Å². The Morgan fingerprint density at radius 3 is 2.34 bits per heavy atom. The van der Waals surface area contributed by atoms with E-state index in [0.29, 0.717) is 42.6 Å². The molecule has 3 aromatic rings. The number of nitrogens with zero attached hydrogens (tertiary/aromatic N) is 2. The summed E-state index contributed by atoms with van der Waals surface area (Å²) < 4.78 is 22.7. The van der Waals surface area contributed by atoms with Gasteiger partial charge in [0.05, 0.1) is 26.2 Å². The molecule has 0 atom stereocenters. The fraction of sp³-hybridized carbons (Fsp3) is 0.350. The Morgan fingerprint density at radius 2 is 1.76 bits per heavy atom. The van der Waals surface area contributed by atoms with Crippen molar-refractivity contribution in [3.05, 3.63) is 34.5 Å². The molecule has 154 valence electrons. The summed E-state index contributed by atoms with van der Waals surface area (Å²) in [4.78, 5) is 13.1. The van der Waals surface area contributed by atoms with Crippen LogP contribution in [-0.2, 0) is 11.2 Å². The molecule has 3 rings (SSSR count). The van der Waals surface area contributed by atoms with E-state index in [1.807, 2.05) is 38.3 Å². The molecule has 8 nitrogen and oxygen atoms in total. The van der Waals surface area contributed by atoms with Gasteiger partial charge in [-0.1, -0.05) is 11.2 Å². The summed E-state index contributed by atoms with van der Waals surface area (Å²) in [5.74, 6) is 1.60. The summed E-state index contributed by atoms with van der Waals surface area (Å²) in [5, 5.41) is 12.5. The lowest BCUT2D eigenvalue weighted by atomic mass is 10.2. The Hall–Kier alpha value is -3.07. The van der Waals surface area contributed by atoms with Crippen molar-refractivity contribution in [3.63, 3.8) is 0 Å². The largest absolute Gasteiger partial charge is 0.490 e. The van der Waals surface area contributed by atoms with E-state index in [2.05, 4.69) is 15.5 Å². The lowest BCUT2D eigenvalue weighted by molar-refractivity contribution is -0.115. The third-order valence-corrected chi connectivity index (χ3v) is 4.62. The molecule has 1 amide bonds. The Kier molecular flexibility index (Phi) is 7.07. The van der Waals surface area contributed by atoms with Crippen LogP contribution in [0.3, 0.4) is 0 Å². The van der Waals surface area contributed by atoms with E-state index in [1.165, 1.54) is 11.3 Å². The van der Waals surface area contributed by atoms with Crippen LogP contribution in [-0.4, -0.2) is 35.9 Å². The molecule has 2 aromatic heterocycles. The SMILES string of the molecule is CCOc1cc(-c2nnc(NC(=O)Cc3cccs3)o2)cc(OCC)c1OCC. The number of benzene rings is 1. The normalized spacial score (nSPS) is 10.6. The molecule has 2 heterocycles. The number of carbonyl (C=O) groups excluding carboxylic acids is 1. The quantitative estimate of drug-likeness (QED) is 0.529. The predicted octanol–water partition coefficient (Wildman–Crippen LogP) is 4.18. The molecule has 1 aromatic carbocycles. The molecule has 0 fully saturated rings. The maximum absolute atomic E-state index is 12.1. The van der Waals surface area contributed by atoms with Crippen molar-refractivity contribution < 1.29 is 23.4 Å². The summed E-state index contributed by atoms with van der Waals surface area (Å²) >= 11 is 1.51. The van der Waals surface area contributed by atoms with E-state index in [-0.39, 0.29) is 24.2 Å². The Balaban J connectivity index is 1.83. The van der Waals surface area contributed by atoms with Gasteiger partial charge in [-0.2, -0.15) is 0 Å². The van der Waals surface area contributed by atoms with Gasteiger partial charge in [0.25, 0.3) is 0 Å². The number of hydrogen-bond acceptors (Lipinski definition) is 8. The number of ether oxygens (including phenoxy) is 3. The molecule has 0 radical (unpaired) electrons. The van der Waals surface area contributed by atoms with E-state index >= 15 is 0 Å².